The standard InChI is InChI=1S/C12H12N6.C6H11NO.C2H2/c1-2-10-12(13-7-14-18(10)5-1)15-11-6-9(16-17-11)8-3-4-8;1-6(8)7-4-2-3-5-7;1-2/h1-2,5-8H,3-4H2,(H2,13,14,15,16,17);2-5H2,1H3;1-2H. The zero-order valence-corrected chi connectivity index (χ0v) is 16.0. The van der Waals surface area contributed by atoms with Gasteiger partial charge in [0.05, 0.1) is 0 Å². The number of likely N-dealkylation sites (tertiary alicyclic amines) is 1. The third kappa shape index (κ3) is 4.68. The second-order valence-electron chi connectivity index (χ2n) is 6.77. The molecule has 5 rings (SSSR count). The van der Waals surface area contributed by atoms with E-state index in [1.54, 1.807) is 11.4 Å². The molecule has 3 aromatic heterocycles. The first-order chi connectivity index (χ1) is 13.7. The first-order valence-corrected chi connectivity index (χ1v) is 9.40. The molecule has 1 saturated heterocycles. The lowest BCUT2D eigenvalue weighted by molar-refractivity contribution is -0.127. The first-order valence-electron chi connectivity index (χ1n) is 9.40. The van der Waals surface area contributed by atoms with Crippen LogP contribution in [0.3, 0.4) is 0 Å². The summed E-state index contributed by atoms with van der Waals surface area (Å²) in [6.07, 6.45) is 16.3. The third-order valence-corrected chi connectivity index (χ3v) is 4.75. The molecule has 8 nitrogen and oxygen atoms in total. The maximum atomic E-state index is 10.6. The number of carbonyl (C=O) groups excluding carboxylic acids is 1. The average molecular weight is 379 g/mol. The van der Waals surface area contributed by atoms with Crippen molar-refractivity contribution in [2.24, 2.45) is 0 Å². The highest BCUT2D eigenvalue weighted by atomic mass is 16.2. The van der Waals surface area contributed by atoms with Crippen LogP contribution in [0.2, 0.25) is 0 Å². The molecule has 2 N–H and O–H groups in total. The van der Waals surface area contributed by atoms with Crippen LogP contribution in [0.4, 0.5) is 11.6 Å². The Hall–Kier alpha value is -3.34. The van der Waals surface area contributed by atoms with Crippen molar-refractivity contribution in [3.8, 4) is 12.8 Å². The summed E-state index contributed by atoms with van der Waals surface area (Å²) in [4.78, 5) is 16.7. The molecule has 0 bridgehead atoms. The van der Waals surface area contributed by atoms with Gasteiger partial charge in [-0.25, -0.2) is 9.50 Å². The van der Waals surface area contributed by atoms with Gasteiger partial charge < -0.3 is 10.2 Å². The predicted octanol–water partition coefficient (Wildman–Crippen LogP) is 2.95. The molecule has 1 saturated carbocycles. The molecule has 0 aromatic carbocycles. The summed E-state index contributed by atoms with van der Waals surface area (Å²) in [5, 5.41) is 14.7. The molecular weight excluding hydrogens is 354 g/mol. The molecule has 2 aliphatic rings. The normalized spacial score (nSPS) is 15.3. The van der Waals surface area contributed by atoms with E-state index in [1.165, 1.54) is 37.7 Å². The lowest BCUT2D eigenvalue weighted by Crippen LogP contribution is -2.24. The largest absolute Gasteiger partial charge is 0.343 e. The second-order valence-corrected chi connectivity index (χ2v) is 6.77. The first kappa shape index (κ1) is 19.4. The van der Waals surface area contributed by atoms with E-state index in [9.17, 15) is 4.79 Å². The summed E-state index contributed by atoms with van der Waals surface area (Å²) in [5.41, 5.74) is 2.14. The highest BCUT2D eigenvalue weighted by Gasteiger charge is 2.25. The average Bonchev–Trinajstić information content (AvgIpc) is 3.14. The smallest absolute Gasteiger partial charge is 0.219 e. The molecule has 2 fully saturated rings. The van der Waals surface area contributed by atoms with E-state index < -0.39 is 0 Å². The minimum Gasteiger partial charge on any atom is -0.343 e. The third-order valence-electron chi connectivity index (χ3n) is 4.75. The van der Waals surface area contributed by atoms with E-state index in [-0.39, 0.29) is 5.91 Å². The fourth-order valence-corrected chi connectivity index (χ4v) is 3.12. The number of nitrogens with zero attached hydrogens (tertiary/aromatic N) is 5. The number of H-pyrrole nitrogens is 1. The van der Waals surface area contributed by atoms with E-state index in [4.69, 9.17) is 0 Å². The zero-order valence-electron chi connectivity index (χ0n) is 16.0. The fraction of sp³-hybridized carbons (Fsp3) is 0.400. The number of terminal acetylenes is 1. The topological polar surface area (TPSA) is 91.2 Å². The Labute approximate surface area is 164 Å². The summed E-state index contributed by atoms with van der Waals surface area (Å²) in [5.74, 6) is 2.47. The van der Waals surface area contributed by atoms with Crippen LogP contribution in [0.25, 0.3) is 5.52 Å². The van der Waals surface area contributed by atoms with Crippen molar-refractivity contribution in [1.82, 2.24) is 29.7 Å². The Balaban J connectivity index is 0.000000190. The number of nitrogens with one attached hydrogen (secondary N) is 2. The van der Waals surface area contributed by atoms with Crippen LogP contribution in [0.5, 0.6) is 0 Å². The van der Waals surface area contributed by atoms with Crippen molar-refractivity contribution in [2.45, 2.75) is 38.5 Å². The van der Waals surface area contributed by atoms with Crippen LogP contribution in [-0.2, 0) is 4.79 Å². The van der Waals surface area contributed by atoms with Gasteiger partial charge in [0.2, 0.25) is 5.91 Å². The second kappa shape index (κ2) is 9.04. The van der Waals surface area contributed by atoms with Crippen molar-refractivity contribution in [2.75, 3.05) is 18.4 Å². The van der Waals surface area contributed by atoms with Crippen molar-refractivity contribution in [3.05, 3.63) is 36.4 Å². The molecule has 1 aliphatic carbocycles. The highest BCUT2D eigenvalue weighted by Crippen LogP contribution is 2.39. The van der Waals surface area contributed by atoms with E-state index in [0.29, 0.717) is 5.92 Å². The number of amides is 1. The van der Waals surface area contributed by atoms with Gasteiger partial charge in [-0.1, -0.05) is 0 Å². The van der Waals surface area contributed by atoms with Gasteiger partial charge in [0, 0.05) is 43.9 Å². The number of anilines is 2. The molecule has 3 aromatic rings. The summed E-state index contributed by atoms with van der Waals surface area (Å²) in [6.45, 7) is 3.59. The molecule has 0 radical (unpaired) electrons. The van der Waals surface area contributed by atoms with Crippen LogP contribution >= 0.6 is 0 Å². The van der Waals surface area contributed by atoms with Gasteiger partial charge in [0.1, 0.15) is 11.8 Å². The quantitative estimate of drug-likeness (QED) is 0.683. The maximum absolute atomic E-state index is 10.6. The Kier molecular flexibility index (Phi) is 6.27. The van der Waals surface area contributed by atoms with Gasteiger partial charge in [0.25, 0.3) is 0 Å². The Bertz CT molecular complexity index is 932. The molecule has 8 heteroatoms. The number of rotatable bonds is 3. The van der Waals surface area contributed by atoms with Gasteiger partial charge in [-0.2, -0.15) is 10.2 Å². The summed E-state index contributed by atoms with van der Waals surface area (Å²) >= 11 is 0. The minimum atomic E-state index is 0.225. The zero-order chi connectivity index (χ0) is 19.9. The number of hydrogen-bond donors (Lipinski definition) is 2. The van der Waals surface area contributed by atoms with Crippen molar-refractivity contribution in [3.63, 3.8) is 0 Å². The molecular formula is C20H25N7O. The van der Waals surface area contributed by atoms with Crippen molar-refractivity contribution in [1.29, 1.82) is 0 Å². The number of aromatic amines is 1. The molecule has 0 atom stereocenters. The SMILES string of the molecule is C#C.CC(=O)N1CCCC1.c1cc2c(Nc3cc(C4CC4)[nH]n3)ncnn2c1. The van der Waals surface area contributed by atoms with E-state index in [0.717, 1.165) is 30.2 Å². The van der Waals surface area contributed by atoms with Crippen LogP contribution in [0, 0.1) is 12.8 Å². The lowest BCUT2D eigenvalue weighted by Gasteiger charge is -2.10. The molecule has 28 heavy (non-hydrogen) atoms. The van der Waals surface area contributed by atoms with Crippen molar-refractivity contribution >= 4 is 23.1 Å². The number of carbonyl (C=O) groups is 1. The lowest BCUT2D eigenvalue weighted by atomic mass is 10.3. The summed E-state index contributed by atoms with van der Waals surface area (Å²) in [7, 11) is 0. The van der Waals surface area contributed by atoms with Crippen molar-refractivity contribution < 1.29 is 4.79 Å². The monoisotopic (exact) mass is 379 g/mol. The Morgan fingerprint density at radius 3 is 2.68 bits per heavy atom. The van der Waals surface area contributed by atoms with Crippen LogP contribution < -0.4 is 5.32 Å². The number of fused-ring (bicyclic) bond motifs is 1. The van der Waals surface area contributed by atoms with E-state index >= 15 is 0 Å². The predicted molar refractivity (Wildman–Crippen MR) is 108 cm³/mol. The van der Waals surface area contributed by atoms with Gasteiger partial charge in [-0.15, -0.1) is 12.8 Å². The molecule has 0 spiro atoms. The minimum absolute atomic E-state index is 0.225. The van der Waals surface area contributed by atoms with Gasteiger partial charge in [-0.05, 0) is 37.8 Å². The Morgan fingerprint density at radius 1 is 1.29 bits per heavy atom. The van der Waals surface area contributed by atoms with E-state index in [2.05, 4.69) is 44.5 Å². The van der Waals surface area contributed by atoms with Crippen LogP contribution in [0.1, 0.15) is 44.2 Å². The number of aromatic nitrogens is 5. The van der Waals surface area contributed by atoms with Gasteiger partial charge in [0.15, 0.2) is 11.6 Å². The van der Waals surface area contributed by atoms with Gasteiger partial charge in [-0.3, -0.25) is 9.89 Å². The van der Waals surface area contributed by atoms with Crippen LogP contribution in [-0.4, -0.2) is 48.7 Å². The Morgan fingerprint density at radius 2 is 2.04 bits per heavy atom. The summed E-state index contributed by atoms with van der Waals surface area (Å²) in [6, 6.07) is 5.96. The van der Waals surface area contributed by atoms with Gasteiger partial charge >= 0.3 is 0 Å². The molecule has 1 aliphatic heterocycles. The maximum Gasteiger partial charge on any atom is 0.219 e. The highest BCUT2D eigenvalue weighted by molar-refractivity contribution is 5.73. The van der Waals surface area contributed by atoms with E-state index in [1.807, 2.05) is 23.2 Å². The van der Waals surface area contributed by atoms with Crippen LogP contribution in [0.15, 0.2) is 30.7 Å². The molecule has 4 heterocycles. The molecule has 1 amide bonds. The molecule has 0 unspecified atom stereocenters. The fourth-order valence-electron chi connectivity index (χ4n) is 3.12. The summed E-state index contributed by atoms with van der Waals surface area (Å²) < 4.78 is 1.78. The molecule has 146 valence electrons. The number of hydrogen-bond acceptors (Lipinski definition) is 5.